The van der Waals surface area contributed by atoms with Crippen LogP contribution in [0.2, 0.25) is 0 Å². The van der Waals surface area contributed by atoms with Crippen molar-refractivity contribution in [3.8, 4) is 0 Å². The maximum atomic E-state index is 5.66. The fourth-order valence-corrected chi connectivity index (χ4v) is 1.40. The molecule has 1 aliphatic heterocycles. The maximum absolute atomic E-state index is 5.66. The second-order valence-electron chi connectivity index (χ2n) is 3.58. The van der Waals surface area contributed by atoms with Crippen LogP contribution in [0.25, 0.3) is 0 Å². The Bertz CT molecular complexity index is 286. The van der Waals surface area contributed by atoms with Crippen molar-refractivity contribution in [2.24, 2.45) is 0 Å². The maximum Gasteiger partial charge on any atom is 0.139 e. The molecule has 1 aromatic carbocycles. The van der Waals surface area contributed by atoms with Gasteiger partial charge in [-0.1, -0.05) is 29.7 Å². The predicted octanol–water partition coefficient (Wildman–Crippen LogP) is -0.567. The average Bonchev–Trinajstić information content (AvgIpc) is 2.01. The standard InChI is InChI=1S/C10H14BNO/c11-9-3-1-2-8(4-9)7-13-10-5-12-6-10/h1-4,10,12H,5-7,11H2. The van der Waals surface area contributed by atoms with E-state index in [1.807, 2.05) is 0 Å². The van der Waals surface area contributed by atoms with E-state index in [-0.39, 0.29) is 0 Å². The average molecular weight is 175 g/mol. The molecule has 1 fully saturated rings. The number of hydrogen-bond donors (Lipinski definition) is 1. The Morgan fingerprint density at radius 3 is 2.92 bits per heavy atom. The van der Waals surface area contributed by atoms with Gasteiger partial charge in [0.25, 0.3) is 0 Å². The minimum atomic E-state index is 0.431. The van der Waals surface area contributed by atoms with Crippen molar-refractivity contribution in [3.63, 3.8) is 0 Å². The van der Waals surface area contributed by atoms with E-state index in [0.29, 0.717) is 6.10 Å². The Balaban J connectivity index is 1.86. The first-order valence-electron chi connectivity index (χ1n) is 4.72. The summed E-state index contributed by atoms with van der Waals surface area (Å²) in [6.45, 7) is 2.76. The van der Waals surface area contributed by atoms with Crippen LogP contribution >= 0.6 is 0 Å². The summed E-state index contributed by atoms with van der Waals surface area (Å²) >= 11 is 0. The summed E-state index contributed by atoms with van der Waals surface area (Å²) in [4.78, 5) is 0. The van der Waals surface area contributed by atoms with Crippen molar-refractivity contribution in [3.05, 3.63) is 29.8 Å². The zero-order valence-corrected chi connectivity index (χ0v) is 7.92. The molecule has 1 N–H and O–H groups in total. The van der Waals surface area contributed by atoms with Crippen LogP contribution in [0.15, 0.2) is 24.3 Å². The van der Waals surface area contributed by atoms with Crippen molar-refractivity contribution in [1.82, 2.24) is 5.32 Å². The lowest BCUT2D eigenvalue weighted by Crippen LogP contribution is -2.48. The summed E-state index contributed by atoms with van der Waals surface area (Å²) in [7, 11) is 2.11. The summed E-state index contributed by atoms with van der Waals surface area (Å²) in [5.74, 6) is 0. The molecule has 68 valence electrons. The Labute approximate surface area is 79.7 Å². The number of benzene rings is 1. The van der Waals surface area contributed by atoms with Crippen LogP contribution in [0, 0.1) is 0 Å². The lowest BCUT2D eigenvalue weighted by atomic mass is 9.95. The van der Waals surface area contributed by atoms with Crippen molar-refractivity contribution >= 4 is 13.3 Å². The minimum absolute atomic E-state index is 0.431. The van der Waals surface area contributed by atoms with E-state index in [1.54, 1.807) is 0 Å². The van der Waals surface area contributed by atoms with Crippen LogP contribution in [0.4, 0.5) is 0 Å². The SMILES string of the molecule is Bc1cccc(COC2CNC2)c1. The summed E-state index contributed by atoms with van der Waals surface area (Å²) in [5, 5.41) is 3.18. The third kappa shape index (κ3) is 2.33. The Morgan fingerprint density at radius 1 is 1.46 bits per heavy atom. The topological polar surface area (TPSA) is 21.3 Å². The smallest absolute Gasteiger partial charge is 0.139 e. The monoisotopic (exact) mass is 175 g/mol. The molecule has 0 radical (unpaired) electrons. The molecule has 0 amide bonds. The van der Waals surface area contributed by atoms with Gasteiger partial charge in [-0.2, -0.15) is 0 Å². The van der Waals surface area contributed by atoms with Crippen molar-refractivity contribution < 1.29 is 4.74 Å². The summed E-state index contributed by atoms with van der Waals surface area (Å²) in [5.41, 5.74) is 2.57. The number of ether oxygens (including phenoxy) is 1. The van der Waals surface area contributed by atoms with E-state index in [1.165, 1.54) is 11.0 Å². The molecule has 0 aromatic heterocycles. The predicted molar refractivity (Wildman–Crippen MR) is 56.1 cm³/mol. The van der Waals surface area contributed by atoms with E-state index in [2.05, 4.69) is 37.4 Å². The normalized spacial score (nSPS) is 16.9. The van der Waals surface area contributed by atoms with Gasteiger partial charge in [0, 0.05) is 13.1 Å². The first kappa shape index (κ1) is 8.79. The molecule has 2 rings (SSSR count). The lowest BCUT2D eigenvalue weighted by Gasteiger charge is -2.27. The first-order chi connectivity index (χ1) is 6.34. The lowest BCUT2D eigenvalue weighted by molar-refractivity contribution is 0.00761. The molecule has 0 bridgehead atoms. The van der Waals surface area contributed by atoms with Crippen LogP contribution in [0.3, 0.4) is 0 Å². The molecule has 0 unspecified atom stereocenters. The highest BCUT2D eigenvalue weighted by Crippen LogP contribution is 2.04. The Hall–Kier alpha value is -0.795. The third-order valence-electron chi connectivity index (χ3n) is 2.31. The zero-order chi connectivity index (χ0) is 9.10. The number of nitrogens with one attached hydrogen (secondary N) is 1. The van der Waals surface area contributed by atoms with Gasteiger partial charge in [-0.05, 0) is 5.56 Å². The first-order valence-corrected chi connectivity index (χ1v) is 4.72. The Kier molecular flexibility index (Phi) is 2.66. The molecular formula is C10H14BNO. The molecule has 3 heteroatoms. The molecule has 0 atom stereocenters. The molecule has 0 saturated carbocycles. The van der Waals surface area contributed by atoms with Crippen molar-refractivity contribution in [1.29, 1.82) is 0 Å². The highest BCUT2D eigenvalue weighted by Gasteiger charge is 2.16. The number of rotatable bonds is 3. The Morgan fingerprint density at radius 2 is 2.31 bits per heavy atom. The van der Waals surface area contributed by atoms with Gasteiger partial charge < -0.3 is 10.1 Å². The van der Waals surface area contributed by atoms with Crippen LogP contribution in [-0.2, 0) is 11.3 Å². The largest absolute Gasteiger partial charge is 0.371 e. The second kappa shape index (κ2) is 3.94. The fourth-order valence-electron chi connectivity index (χ4n) is 1.40. The van der Waals surface area contributed by atoms with Gasteiger partial charge in [-0.15, -0.1) is 0 Å². The minimum Gasteiger partial charge on any atom is -0.371 e. The van der Waals surface area contributed by atoms with Crippen molar-refractivity contribution in [2.45, 2.75) is 12.7 Å². The van der Waals surface area contributed by atoms with E-state index in [9.17, 15) is 0 Å². The fraction of sp³-hybridized carbons (Fsp3) is 0.400. The second-order valence-corrected chi connectivity index (χ2v) is 3.58. The molecule has 1 saturated heterocycles. The van der Waals surface area contributed by atoms with Crippen LogP contribution in [0.5, 0.6) is 0 Å². The van der Waals surface area contributed by atoms with Gasteiger partial charge in [-0.3, -0.25) is 0 Å². The van der Waals surface area contributed by atoms with E-state index < -0.39 is 0 Å². The van der Waals surface area contributed by atoms with Gasteiger partial charge in [0.15, 0.2) is 0 Å². The van der Waals surface area contributed by atoms with Crippen LogP contribution < -0.4 is 10.8 Å². The molecule has 2 nitrogen and oxygen atoms in total. The highest BCUT2D eigenvalue weighted by atomic mass is 16.5. The molecule has 1 aromatic rings. The molecule has 1 heterocycles. The van der Waals surface area contributed by atoms with E-state index >= 15 is 0 Å². The molecule has 0 spiro atoms. The van der Waals surface area contributed by atoms with Gasteiger partial charge in [-0.25, -0.2) is 0 Å². The van der Waals surface area contributed by atoms with E-state index in [0.717, 1.165) is 19.7 Å². The highest BCUT2D eigenvalue weighted by molar-refractivity contribution is 6.32. The molecule has 1 aliphatic rings. The summed E-state index contributed by atoms with van der Waals surface area (Å²) in [6, 6.07) is 8.46. The molecule has 0 aliphatic carbocycles. The van der Waals surface area contributed by atoms with Crippen LogP contribution in [0.1, 0.15) is 5.56 Å². The molecular weight excluding hydrogens is 161 g/mol. The van der Waals surface area contributed by atoms with Crippen LogP contribution in [-0.4, -0.2) is 27.0 Å². The zero-order valence-electron chi connectivity index (χ0n) is 7.92. The van der Waals surface area contributed by atoms with Gasteiger partial charge >= 0.3 is 0 Å². The van der Waals surface area contributed by atoms with Crippen molar-refractivity contribution in [2.75, 3.05) is 13.1 Å². The van der Waals surface area contributed by atoms with Gasteiger partial charge in [0.05, 0.1) is 12.7 Å². The third-order valence-corrected chi connectivity index (χ3v) is 2.31. The number of hydrogen-bond acceptors (Lipinski definition) is 2. The summed E-state index contributed by atoms with van der Waals surface area (Å²) < 4.78 is 5.66. The van der Waals surface area contributed by atoms with Gasteiger partial charge in [0.2, 0.25) is 0 Å². The quantitative estimate of drug-likeness (QED) is 0.621. The summed E-state index contributed by atoms with van der Waals surface area (Å²) in [6.07, 6.45) is 0.431. The van der Waals surface area contributed by atoms with E-state index in [4.69, 9.17) is 4.74 Å². The van der Waals surface area contributed by atoms with Gasteiger partial charge in [0.1, 0.15) is 7.85 Å². The molecule has 13 heavy (non-hydrogen) atoms.